The standard InChI is InChI=1S/C15H27NO3S/c1-11-4-6-15(7-5-11)18-9-13(19-15)8-16-14(17)12(2)10-20-3/h11-13H,4-10H2,1-3H3,(H,16,17)/t11?,12-,13-,15?/m0/s1. The van der Waals surface area contributed by atoms with Crippen LogP contribution < -0.4 is 5.32 Å². The summed E-state index contributed by atoms with van der Waals surface area (Å²) in [4.78, 5) is 11.9. The van der Waals surface area contributed by atoms with E-state index in [2.05, 4.69) is 12.2 Å². The van der Waals surface area contributed by atoms with Gasteiger partial charge in [0.1, 0.15) is 6.10 Å². The van der Waals surface area contributed by atoms with Crippen LogP contribution in [-0.4, -0.2) is 43.0 Å². The number of amides is 1. The molecule has 5 heteroatoms. The molecule has 1 aliphatic heterocycles. The van der Waals surface area contributed by atoms with Crippen molar-refractivity contribution in [2.45, 2.75) is 51.4 Å². The van der Waals surface area contributed by atoms with Gasteiger partial charge in [0.2, 0.25) is 5.91 Å². The summed E-state index contributed by atoms with van der Waals surface area (Å²) in [5.41, 5.74) is 0. The first-order valence-electron chi connectivity index (χ1n) is 7.63. The van der Waals surface area contributed by atoms with Gasteiger partial charge in [0.05, 0.1) is 6.61 Å². The Kier molecular flexibility index (Phi) is 5.75. The number of thioether (sulfide) groups is 1. The molecule has 0 aromatic carbocycles. The van der Waals surface area contributed by atoms with E-state index in [4.69, 9.17) is 9.47 Å². The summed E-state index contributed by atoms with van der Waals surface area (Å²) in [6, 6.07) is 0. The average Bonchev–Trinajstić information content (AvgIpc) is 2.83. The van der Waals surface area contributed by atoms with Crippen LogP contribution in [0.3, 0.4) is 0 Å². The van der Waals surface area contributed by atoms with Gasteiger partial charge in [0.15, 0.2) is 5.79 Å². The molecular formula is C15H27NO3S. The molecule has 1 spiro atoms. The molecule has 0 bridgehead atoms. The highest BCUT2D eigenvalue weighted by Gasteiger charge is 2.43. The number of ether oxygens (including phenoxy) is 2. The van der Waals surface area contributed by atoms with E-state index in [1.165, 1.54) is 12.8 Å². The molecule has 2 rings (SSSR count). The number of carbonyl (C=O) groups is 1. The lowest BCUT2D eigenvalue weighted by atomic mass is 9.86. The fourth-order valence-electron chi connectivity index (χ4n) is 2.90. The quantitative estimate of drug-likeness (QED) is 0.847. The molecule has 2 atom stereocenters. The summed E-state index contributed by atoms with van der Waals surface area (Å²) in [5, 5.41) is 2.98. The van der Waals surface area contributed by atoms with Gasteiger partial charge in [-0.25, -0.2) is 0 Å². The number of hydrogen-bond acceptors (Lipinski definition) is 4. The molecule has 1 amide bonds. The summed E-state index contributed by atoms with van der Waals surface area (Å²) in [5.74, 6) is 1.44. The zero-order valence-corrected chi connectivity index (χ0v) is 13.6. The average molecular weight is 301 g/mol. The predicted molar refractivity (Wildman–Crippen MR) is 81.7 cm³/mol. The van der Waals surface area contributed by atoms with E-state index in [1.807, 2.05) is 13.2 Å². The van der Waals surface area contributed by atoms with Crippen molar-refractivity contribution in [2.75, 3.05) is 25.2 Å². The topological polar surface area (TPSA) is 47.6 Å². The van der Waals surface area contributed by atoms with Crippen LogP contribution >= 0.6 is 11.8 Å². The number of rotatable bonds is 5. The number of carbonyl (C=O) groups excluding carboxylic acids is 1. The van der Waals surface area contributed by atoms with Crippen molar-refractivity contribution in [3.63, 3.8) is 0 Å². The molecule has 0 aromatic rings. The maximum Gasteiger partial charge on any atom is 0.223 e. The molecule has 4 nitrogen and oxygen atoms in total. The van der Waals surface area contributed by atoms with E-state index in [9.17, 15) is 4.79 Å². The largest absolute Gasteiger partial charge is 0.353 e. The van der Waals surface area contributed by atoms with Gasteiger partial charge in [-0.3, -0.25) is 4.79 Å². The van der Waals surface area contributed by atoms with Crippen molar-refractivity contribution in [1.82, 2.24) is 5.32 Å². The summed E-state index contributed by atoms with van der Waals surface area (Å²) < 4.78 is 12.0. The van der Waals surface area contributed by atoms with Gasteiger partial charge >= 0.3 is 0 Å². The smallest absolute Gasteiger partial charge is 0.223 e. The fraction of sp³-hybridized carbons (Fsp3) is 0.933. The molecule has 0 radical (unpaired) electrons. The van der Waals surface area contributed by atoms with Crippen LogP contribution in [0.25, 0.3) is 0 Å². The Balaban J connectivity index is 1.72. The Morgan fingerprint density at radius 2 is 2.15 bits per heavy atom. The molecule has 1 saturated carbocycles. The molecule has 1 N–H and O–H groups in total. The first-order valence-corrected chi connectivity index (χ1v) is 9.02. The molecular weight excluding hydrogens is 274 g/mol. The minimum absolute atomic E-state index is 0.00818. The minimum Gasteiger partial charge on any atom is -0.353 e. The highest BCUT2D eigenvalue weighted by Crippen LogP contribution is 2.39. The van der Waals surface area contributed by atoms with E-state index in [1.54, 1.807) is 11.8 Å². The third kappa shape index (κ3) is 4.12. The molecule has 0 aromatic heterocycles. The highest BCUT2D eigenvalue weighted by molar-refractivity contribution is 7.98. The summed E-state index contributed by atoms with van der Waals surface area (Å²) >= 11 is 1.70. The normalized spacial score (nSPS) is 35.1. The predicted octanol–water partition coefficient (Wildman–Crippen LogP) is 2.42. The van der Waals surface area contributed by atoms with Crippen LogP contribution in [0.2, 0.25) is 0 Å². The van der Waals surface area contributed by atoms with Crippen LogP contribution in [0, 0.1) is 11.8 Å². The van der Waals surface area contributed by atoms with Gasteiger partial charge in [0, 0.05) is 31.1 Å². The monoisotopic (exact) mass is 301 g/mol. The molecule has 2 aliphatic rings. The lowest BCUT2D eigenvalue weighted by Gasteiger charge is -2.34. The lowest BCUT2D eigenvalue weighted by molar-refractivity contribution is -0.191. The van der Waals surface area contributed by atoms with Gasteiger partial charge in [-0.2, -0.15) is 11.8 Å². The van der Waals surface area contributed by atoms with Crippen molar-refractivity contribution >= 4 is 17.7 Å². The van der Waals surface area contributed by atoms with Crippen molar-refractivity contribution in [2.24, 2.45) is 11.8 Å². The van der Waals surface area contributed by atoms with Gasteiger partial charge < -0.3 is 14.8 Å². The summed E-state index contributed by atoms with van der Waals surface area (Å²) in [6.45, 7) is 5.41. The van der Waals surface area contributed by atoms with E-state index in [-0.39, 0.29) is 23.7 Å². The second-order valence-electron chi connectivity index (χ2n) is 6.25. The number of nitrogens with one attached hydrogen (secondary N) is 1. The Labute approximate surface area is 126 Å². The van der Waals surface area contributed by atoms with Crippen LogP contribution in [-0.2, 0) is 14.3 Å². The Morgan fingerprint density at radius 3 is 2.80 bits per heavy atom. The van der Waals surface area contributed by atoms with Crippen LogP contribution in [0.15, 0.2) is 0 Å². The van der Waals surface area contributed by atoms with Gasteiger partial charge in [-0.15, -0.1) is 0 Å². The van der Waals surface area contributed by atoms with E-state index in [0.29, 0.717) is 13.2 Å². The van der Waals surface area contributed by atoms with Crippen LogP contribution in [0.4, 0.5) is 0 Å². The van der Waals surface area contributed by atoms with Crippen molar-refractivity contribution in [1.29, 1.82) is 0 Å². The molecule has 2 fully saturated rings. The lowest BCUT2D eigenvalue weighted by Crippen LogP contribution is -2.39. The van der Waals surface area contributed by atoms with Crippen molar-refractivity contribution in [3.8, 4) is 0 Å². The van der Waals surface area contributed by atoms with Crippen LogP contribution in [0.1, 0.15) is 39.5 Å². The zero-order valence-electron chi connectivity index (χ0n) is 12.8. The third-order valence-corrected chi connectivity index (χ3v) is 5.15. The summed E-state index contributed by atoms with van der Waals surface area (Å²) in [6.07, 6.45) is 6.34. The highest BCUT2D eigenvalue weighted by atomic mass is 32.2. The summed E-state index contributed by atoms with van der Waals surface area (Å²) in [7, 11) is 0. The van der Waals surface area contributed by atoms with E-state index < -0.39 is 0 Å². The Morgan fingerprint density at radius 1 is 1.45 bits per heavy atom. The second-order valence-corrected chi connectivity index (χ2v) is 7.16. The molecule has 116 valence electrons. The molecule has 1 aliphatic carbocycles. The van der Waals surface area contributed by atoms with E-state index >= 15 is 0 Å². The number of hydrogen-bond donors (Lipinski definition) is 1. The molecule has 1 heterocycles. The Bertz CT molecular complexity index is 329. The van der Waals surface area contributed by atoms with Crippen molar-refractivity contribution < 1.29 is 14.3 Å². The van der Waals surface area contributed by atoms with Crippen molar-refractivity contribution in [3.05, 3.63) is 0 Å². The SMILES string of the molecule is CSC[C@H](C)C(=O)NC[C@H]1COC2(CCC(C)CC2)O1. The third-order valence-electron chi connectivity index (χ3n) is 4.32. The second kappa shape index (κ2) is 7.14. The zero-order chi connectivity index (χ0) is 14.6. The van der Waals surface area contributed by atoms with Crippen LogP contribution in [0.5, 0.6) is 0 Å². The van der Waals surface area contributed by atoms with Gasteiger partial charge in [-0.05, 0) is 25.0 Å². The van der Waals surface area contributed by atoms with Gasteiger partial charge in [0.25, 0.3) is 0 Å². The molecule has 20 heavy (non-hydrogen) atoms. The maximum atomic E-state index is 11.9. The first kappa shape index (κ1) is 16.1. The fourth-order valence-corrected chi connectivity index (χ4v) is 3.55. The van der Waals surface area contributed by atoms with Gasteiger partial charge in [-0.1, -0.05) is 13.8 Å². The maximum absolute atomic E-state index is 11.9. The Hall–Kier alpha value is -0.260. The molecule has 0 unspecified atom stereocenters. The van der Waals surface area contributed by atoms with E-state index in [0.717, 1.165) is 24.5 Å². The first-order chi connectivity index (χ1) is 9.54. The minimum atomic E-state index is -0.354. The molecule has 1 saturated heterocycles.